The zero-order valence-corrected chi connectivity index (χ0v) is 12.9. The fourth-order valence-corrected chi connectivity index (χ4v) is 1.53. The third-order valence-corrected chi connectivity index (χ3v) is 2.79. The van der Waals surface area contributed by atoms with Gasteiger partial charge in [0.05, 0.1) is 12.7 Å². The van der Waals surface area contributed by atoms with Gasteiger partial charge in [-0.25, -0.2) is 14.9 Å². The van der Waals surface area contributed by atoms with E-state index in [2.05, 4.69) is 37.0 Å². The Morgan fingerprint density at radius 1 is 1.39 bits per heavy atom. The minimum Gasteiger partial charge on any atom is -0.460 e. The Kier molecular flexibility index (Phi) is 5.50. The molecule has 2 rings (SSSR count). The molecular formula is C14H17N7O2. The lowest BCUT2D eigenvalue weighted by molar-refractivity contribution is -0.138. The predicted octanol–water partition coefficient (Wildman–Crippen LogP) is 2.17. The van der Waals surface area contributed by atoms with Crippen molar-refractivity contribution < 1.29 is 9.53 Å². The van der Waals surface area contributed by atoms with Crippen LogP contribution in [0, 0.1) is 0 Å². The highest BCUT2D eigenvalue weighted by Crippen LogP contribution is 2.17. The largest absolute Gasteiger partial charge is 0.460 e. The summed E-state index contributed by atoms with van der Waals surface area (Å²) in [5.41, 5.74) is 0.972. The molecule has 2 aromatic rings. The molecule has 0 unspecified atom stereocenters. The van der Waals surface area contributed by atoms with E-state index in [0.717, 1.165) is 5.82 Å². The first-order chi connectivity index (χ1) is 11.1. The predicted molar refractivity (Wildman–Crippen MR) is 83.8 cm³/mol. The summed E-state index contributed by atoms with van der Waals surface area (Å²) >= 11 is 0. The van der Waals surface area contributed by atoms with Crippen molar-refractivity contribution in [1.29, 1.82) is 0 Å². The number of pyridine rings is 1. The van der Waals surface area contributed by atoms with Gasteiger partial charge in [-0.3, -0.25) is 0 Å². The third-order valence-electron chi connectivity index (χ3n) is 2.79. The number of nitrogens with one attached hydrogen (secondary N) is 1. The summed E-state index contributed by atoms with van der Waals surface area (Å²) < 4.78 is 5.04. The number of likely N-dealkylation sites (N-methyl/N-ethyl adjacent to an activating group) is 1. The number of anilines is 1. The standard InChI is InChI=1S/C14H17N7O2/c1-10(2)13(22)23-7-6-21(3)12-5-4-11(8-15-12)18-20-14-16-9-17-19-14/h4-5,8-9H,1,6-7H2,2-3H3,(H,16,17,19)/b20-18+. The lowest BCUT2D eigenvalue weighted by Gasteiger charge is -2.17. The van der Waals surface area contributed by atoms with Crippen LogP contribution in [0.3, 0.4) is 0 Å². The molecule has 1 N–H and O–H groups in total. The highest BCUT2D eigenvalue weighted by atomic mass is 16.5. The van der Waals surface area contributed by atoms with E-state index in [-0.39, 0.29) is 6.61 Å². The lowest BCUT2D eigenvalue weighted by Crippen LogP contribution is -2.24. The number of aromatic amines is 1. The minimum atomic E-state index is -0.394. The van der Waals surface area contributed by atoms with Gasteiger partial charge in [0.25, 0.3) is 5.95 Å². The first kappa shape index (κ1) is 16.3. The minimum absolute atomic E-state index is 0.261. The van der Waals surface area contributed by atoms with Crippen molar-refractivity contribution in [2.24, 2.45) is 10.2 Å². The smallest absolute Gasteiger partial charge is 0.333 e. The van der Waals surface area contributed by atoms with Crippen LogP contribution in [0.15, 0.2) is 47.0 Å². The second-order valence-corrected chi connectivity index (χ2v) is 4.72. The summed E-state index contributed by atoms with van der Waals surface area (Å²) in [5, 5.41) is 14.1. The van der Waals surface area contributed by atoms with E-state index in [0.29, 0.717) is 23.8 Å². The van der Waals surface area contributed by atoms with Crippen molar-refractivity contribution in [2.75, 3.05) is 25.1 Å². The molecule has 0 fully saturated rings. The van der Waals surface area contributed by atoms with Crippen molar-refractivity contribution in [3.8, 4) is 0 Å². The maximum Gasteiger partial charge on any atom is 0.333 e. The number of ether oxygens (including phenoxy) is 1. The summed E-state index contributed by atoms with van der Waals surface area (Å²) in [6.45, 7) is 5.92. The fourth-order valence-electron chi connectivity index (χ4n) is 1.53. The summed E-state index contributed by atoms with van der Waals surface area (Å²) in [6.07, 6.45) is 2.94. The summed E-state index contributed by atoms with van der Waals surface area (Å²) in [4.78, 5) is 21.3. The summed E-state index contributed by atoms with van der Waals surface area (Å²) in [5.74, 6) is 0.662. The molecule has 2 heterocycles. The quantitative estimate of drug-likeness (QED) is 0.476. The first-order valence-corrected chi connectivity index (χ1v) is 6.83. The van der Waals surface area contributed by atoms with E-state index in [1.165, 1.54) is 6.33 Å². The van der Waals surface area contributed by atoms with Crippen LogP contribution < -0.4 is 4.90 Å². The Balaban J connectivity index is 1.86. The number of aromatic nitrogens is 4. The second kappa shape index (κ2) is 7.78. The van der Waals surface area contributed by atoms with Crippen LogP contribution in [-0.4, -0.2) is 46.3 Å². The Labute approximate surface area is 133 Å². The molecule has 2 aromatic heterocycles. The van der Waals surface area contributed by atoms with Gasteiger partial charge in [-0.1, -0.05) is 6.58 Å². The first-order valence-electron chi connectivity index (χ1n) is 6.83. The van der Waals surface area contributed by atoms with E-state index in [1.54, 1.807) is 25.3 Å². The molecule has 23 heavy (non-hydrogen) atoms. The topological polar surface area (TPSA) is 109 Å². The van der Waals surface area contributed by atoms with Crippen molar-refractivity contribution in [1.82, 2.24) is 20.2 Å². The van der Waals surface area contributed by atoms with Gasteiger partial charge in [0.2, 0.25) is 0 Å². The van der Waals surface area contributed by atoms with E-state index in [9.17, 15) is 4.79 Å². The van der Waals surface area contributed by atoms with Crippen molar-refractivity contribution in [3.63, 3.8) is 0 Å². The van der Waals surface area contributed by atoms with E-state index < -0.39 is 5.97 Å². The zero-order valence-electron chi connectivity index (χ0n) is 12.9. The zero-order chi connectivity index (χ0) is 16.7. The normalized spacial score (nSPS) is 10.7. The van der Waals surface area contributed by atoms with Crippen LogP contribution in [0.25, 0.3) is 0 Å². The van der Waals surface area contributed by atoms with Crippen LogP contribution in [0.2, 0.25) is 0 Å². The molecule has 0 aliphatic heterocycles. The number of azo groups is 1. The van der Waals surface area contributed by atoms with Gasteiger partial charge in [-0.15, -0.1) is 10.2 Å². The molecule has 0 saturated heterocycles. The number of carbonyl (C=O) groups excluding carboxylic acids is 1. The number of hydrogen-bond donors (Lipinski definition) is 1. The average Bonchev–Trinajstić information content (AvgIpc) is 3.06. The highest BCUT2D eigenvalue weighted by Gasteiger charge is 2.06. The molecule has 9 heteroatoms. The van der Waals surface area contributed by atoms with Crippen LogP contribution in [0.4, 0.5) is 17.5 Å². The third kappa shape index (κ3) is 4.99. The van der Waals surface area contributed by atoms with Crippen molar-refractivity contribution >= 4 is 23.4 Å². The monoisotopic (exact) mass is 315 g/mol. The van der Waals surface area contributed by atoms with E-state index >= 15 is 0 Å². The van der Waals surface area contributed by atoms with Gasteiger partial charge in [0.15, 0.2) is 0 Å². The maximum atomic E-state index is 11.3. The number of carbonyl (C=O) groups is 1. The van der Waals surface area contributed by atoms with Gasteiger partial charge in [0.1, 0.15) is 24.4 Å². The van der Waals surface area contributed by atoms with Crippen molar-refractivity contribution in [2.45, 2.75) is 6.92 Å². The number of rotatable bonds is 7. The fraction of sp³-hybridized carbons (Fsp3) is 0.286. The van der Waals surface area contributed by atoms with Crippen LogP contribution in [0.5, 0.6) is 0 Å². The summed E-state index contributed by atoms with van der Waals surface area (Å²) in [6, 6.07) is 3.58. The number of hydrogen-bond acceptors (Lipinski definition) is 8. The van der Waals surface area contributed by atoms with Gasteiger partial charge in [-0.05, 0) is 19.1 Å². The number of esters is 1. The Bertz CT molecular complexity index is 680. The molecule has 0 aliphatic rings. The lowest BCUT2D eigenvalue weighted by atomic mass is 10.4. The SMILES string of the molecule is C=C(C)C(=O)OCCN(C)c1ccc(/N=N/c2ncn[nH]2)cn1. The molecule has 9 nitrogen and oxygen atoms in total. The molecule has 0 aliphatic carbocycles. The summed E-state index contributed by atoms with van der Waals surface area (Å²) in [7, 11) is 1.85. The Hall–Kier alpha value is -3.10. The van der Waals surface area contributed by atoms with Gasteiger partial charge < -0.3 is 9.64 Å². The Morgan fingerprint density at radius 2 is 2.22 bits per heavy atom. The van der Waals surface area contributed by atoms with Crippen LogP contribution in [-0.2, 0) is 9.53 Å². The molecule has 0 spiro atoms. The van der Waals surface area contributed by atoms with Crippen molar-refractivity contribution in [3.05, 3.63) is 36.8 Å². The molecule has 0 amide bonds. The van der Waals surface area contributed by atoms with E-state index in [4.69, 9.17) is 4.74 Å². The Morgan fingerprint density at radius 3 is 2.83 bits per heavy atom. The average molecular weight is 315 g/mol. The number of H-pyrrole nitrogens is 1. The van der Waals surface area contributed by atoms with Gasteiger partial charge >= 0.3 is 5.97 Å². The van der Waals surface area contributed by atoms with Crippen LogP contribution >= 0.6 is 0 Å². The van der Waals surface area contributed by atoms with Crippen LogP contribution in [0.1, 0.15) is 6.92 Å². The number of nitrogens with zero attached hydrogens (tertiary/aromatic N) is 6. The molecule has 0 atom stereocenters. The molecule has 120 valence electrons. The molecule has 0 aromatic carbocycles. The van der Waals surface area contributed by atoms with Gasteiger partial charge in [-0.2, -0.15) is 10.1 Å². The molecule has 0 saturated carbocycles. The van der Waals surface area contributed by atoms with Gasteiger partial charge in [0, 0.05) is 12.6 Å². The maximum absolute atomic E-state index is 11.3. The molecule has 0 bridgehead atoms. The highest BCUT2D eigenvalue weighted by molar-refractivity contribution is 5.86. The second-order valence-electron chi connectivity index (χ2n) is 4.72. The molecular weight excluding hydrogens is 298 g/mol. The van der Waals surface area contributed by atoms with E-state index in [1.807, 2.05) is 11.9 Å². The molecule has 0 radical (unpaired) electrons.